The van der Waals surface area contributed by atoms with Crippen LogP contribution in [0.4, 0.5) is 0 Å². The van der Waals surface area contributed by atoms with Crippen molar-refractivity contribution in [2.24, 2.45) is 0 Å². The van der Waals surface area contributed by atoms with E-state index in [1.165, 1.54) is 0 Å². The van der Waals surface area contributed by atoms with E-state index >= 15 is 0 Å². The molecule has 0 spiro atoms. The summed E-state index contributed by atoms with van der Waals surface area (Å²) < 4.78 is 5.43. The van der Waals surface area contributed by atoms with Gasteiger partial charge in [-0.1, -0.05) is 11.6 Å². The van der Waals surface area contributed by atoms with Crippen LogP contribution in [0.3, 0.4) is 0 Å². The monoisotopic (exact) mass is 283 g/mol. The molecule has 0 unspecified atom stereocenters. The summed E-state index contributed by atoms with van der Waals surface area (Å²) in [5, 5.41) is 1.02. The van der Waals surface area contributed by atoms with Gasteiger partial charge in [-0.3, -0.25) is 4.79 Å². The second-order valence-electron chi connectivity index (χ2n) is 3.62. The molecule has 0 fully saturated rings. The minimum absolute atomic E-state index is 0.139. The number of hydrogen-bond acceptors (Lipinski definition) is 6. The van der Waals surface area contributed by atoms with Crippen LogP contribution in [0.1, 0.15) is 27.6 Å². The maximum atomic E-state index is 11.0. The molecule has 0 saturated carbocycles. The molecule has 5 nitrogen and oxygen atoms in total. The number of carbonyl (C=O) groups excluding carboxylic acids is 1. The lowest BCUT2D eigenvalue weighted by atomic mass is 10.4. The fraction of sp³-hybridized carbons (Fsp3) is 0.273. The summed E-state index contributed by atoms with van der Waals surface area (Å²) in [5.41, 5.74) is 1.06. The molecule has 0 aliphatic heterocycles. The maximum Gasteiger partial charge on any atom is 0.262 e. The fourth-order valence-electron chi connectivity index (χ4n) is 1.27. The molecular formula is C11H10ClN3O2S. The normalized spacial score (nSPS) is 10.7. The van der Waals surface area contributed by atoms with Crippen LogP contribution < -0.4 is 0 Å². The maximum absolute atomic E-state index is 11.0. The van der Waals surface area contributed by atoms with Gasteiger partial charge >= 0.3 is 0 Å². The van der Waals surface area contributed by atoms with Crippen molar-refractivity contribution in [3.8, 4) is 0 Å². The van der Waals surface area contributed by atoms with E-state index in [9.17, 15) is 4.79 Å². The number of aromatic nitrogens is 3. The van der Waals surface area contributed by atoms with E-state index in [-0.39, 0.29) is 10.7 Å². The van der Waals surface area contributed by atoms with Gasteiger partial charge < -0.3 is 4.42 Å². The van der Waals surface area contributed by atoms with Gasteiger partial charge in [-0.25, -0.2) is 15.0 Å². The van der Waals surface area contributed by atoms with Gasteiger partial charge in [-0.15, -0.1) is 0 Å². The largest absolute Gasteiger partial charge is 0.436 e. The molecule has 2 aromatic heterocycles. The molecule has 0 amide bonds. The van der Waals surface area contributed by atoms with E-state index < -0.39 is 0 Å². The Morgan fingerprint density at radius 2 is 1.94 bits per heavy atom. The van der Waals surface area contributed by atoms with Crippen LogP contribution in [-0.2, 0) is 0 Å². The van der Waals surface area contributed by atoms with E-state index in [1.807, 2.05) is 13.8 Å². The van der Waals surface area contributed by atoms with Crippen LogP contribution in [-0.4, -0.2) is 21.2 Å². The van der Waals surface area contributed by atoms with Crippen LogP contribution in [0, 0.1) is 20.8 Å². The van der Waals surface area contributed by atoms with Gasteiger partial charge in [0.15, 0.2) is 6.29 Å². The second-order valence-corrected chi connectivity index (χ2v) is 4.92. The lowest BCUT2D eigenvalue weighted by Gasteiger charge is -2.03. The zero-order valence-corrected chi connectivity index (χ0v) is 11.6. The molecule has 0 bridgehead atoms. The van der Waals surface area contributed by atoms with Gasteiger partial charge in [-0.2, -0.15) is 0 Å². The molecule has 2 aromatic rings. The number of nitrogens with zero attached hydrogens (tertiary/aromatic N) is 3. The molecule has 2 heterocycles. The minimum Gasteiger partial charge on any atom is -0.436 e. The summed E-state index contributed by atoms with van der Waals surface area (Å²) in [5.74, 6) is 1.23. The molecule has 0 aliphatic rings. The summed E-state index contributed by atoms with van der Waals surface area (Å²) >= 11 is 7.05. The fourth-order valence-corrected chi connectivity index (χ4v) is 2.53. The average molecular weight is 284 g/mol. The number of aldehydes is 1. The average Bonchev–Trinajstić information content (AvgIpc) is 2.57. The summed E-state index contributed by atoms with van der Waals surface area (Å²) in [6.45, 7) is 5.38. The molecule has 94 valence electrons. The first-order valence-electron chi connectivity index (χ1n) is 5.12. The number of rotatable bonds is 3. The topological polar surface area (TPSA) is 68.9 Å². The van der Waals surface area contributed by atoms with Crippen LogP contribution in [0.5, 0.6) is 0 Å². The van der Waals surface area contributed by atoms with Gasteiger partial charge in [0.1, 0.15) is 21.8 Å². The predicted molar refractivity (Wildman–Crippen MR) is 67.3 cm³/mol. The molecular weight excluding hydrogens is 274 g/mol. The summed E-state index contributed by atoms with van der Waals surface area (Å²) in [4.78, 5) is 23.3. The highest BCUT2D eigenvalue weighted by Gasteiger charge is 2.15. The van der Waals surface area contributed by atoms with E-state index in [0.29, 0.717) is 22.4 Å². The van der Waals surface area contributed by atoms with Crippen molar-refractivity contribution in [2.75, 3.05) is 0 Å². The zero-order valence-electron chi connectivity index (χ0n) is 10.0. The second kappa shape index (κ2) is 5.07. The van der Waals surface area contributed by atoms with Crippen molar-refractivity contribution in [3.05, 3.63) is 28.0 Å². The molecule has 7 heteroatoms. The number of hydrogen-bond donors (Lipinski definition) is 0. The highest BCUT2D eigenvalue weighted by atomic mass is 35.5. The van der Waals surface area contributed by atoms with E-state index in [0.717, 1.165) is 23.2 Å². The van der Waals surface area contributed by atoms with Crippen molar-refractivity contribution in [2.45, 2.75) is 31.0 Å². The van der Waals surface area contributed by atoms with E-state index in [4.69, 9.17) is 16.0 Å². The Morgan fingerprint density at radius 3 is 2.50 bits per heavy atom. The quantitative estimate of drug-likeness (QED) is 0.637. The highest BCUT2D eigenvalue weighted by molar-refractivity contribution is 7.99. The van der Waals surface area contributed by atoms with Gasteiger partial charge in [0, 0.05) is 0 Å². The lowest BCUT2D eigenvalue weighted by molar-refractivity contribution is 0.112. The van der Waals surface area contributed by atoms with Crippen LogP contribution in [0.25, 0.3) is 0 Å². The lowest BCUT2D eigenvalue weighted by Crippen LogP contribution is -1.98. The highest BCUT2D eigenvalue weighted by Crippen LogP contribution is 2.31. The Hall–Kier alpha value is -1.40. The standard InChI is InChI=1S/C11H10ClN3O2S/c1-5-6(2)17-11(13-5)18-10-8(4-16)9(12)14-7(3)15-10/h4H,1-3H3. The molecule has 0 N–H and O–H groups in total. The molecule has 0 radical (unpaired) electrons. The Balaban J connectivity index is 2.42. The molecule has 0 saturated heterocycles. The van der Waals surface area contributed by atoms with Gasteiger partial charge in [0.05, 0.1) is 11.3 Å². The molecule has 0 aromatic carbocycles. The summed E-state index contributed by atoms with van der Waals surface area (Å²) in [6.07, 6.45) is 0.632. The van der Waals surface area contributed by atoms with Crippen molar-refractivity contribution < 1.29 is 9.21 Å². The van der Waals surface area contributed by atoms with Gasteiger partial charge in [0.2, 0.25) is 0 Å². The Labute approximate surface area is 113 Å². The molecule has 18 heavy (non-hydrogen) atoms. The Bertz CT molecular complexity index is 593. The SMILES string of the molecule is Cc1nc(Cl)c(C=O)c(Sc2nc(C)c(C)o2)n1. The number of carbonyl (C=O) groups is 1. The number of aryl methyl sites for hydroxylation is 3. The van der Waals surface area contributed by atoms with Crippen LogP contribution in [0.2, 0.25) is 5.15 Å². The first kappa shape index (κ1) is 13.0. The number of halogens is 1. The summed E-state index contributed by atoms with van der Waals surface area (Å²) in [6, 6.07) is 0. The van der Waals surface area contributed by atoms with Crippen molar-refractivity contribution in [3.63, 3.8) is 0 Å². The van der Waals surface area contributed by atoms with E-state index in [2.05, 4.69) is 15.0 Å². The third-order valence-electron chi connectivity index (χ3n) is 2.29. The first-order valence-corrected chi connectivity index (χ1v) is 6.32. The van der Waals surface area contributed by atoms with E-state index in [1.54, 1.807) is 6.92 Å². The van der Waals surface area contributed by atoms with Crippen LogP contribution >= 0.6 is 23.4 Å². The number of oxazole rings is 1. The predicted octanol–water partition coefficient (Wildman–Crippen LogP) is 3.01. The third kappa shape index (κ3) is 2.54. The Kier molecular flexibility index (Phi) is 3.68. The first-order chi connectivity index (χ1) is 8.51. The smallest absolute Gasteiger partial charge is 0.262 e. The van der Waals surface area contributed by atoms with Gasteiger partial charge in [-0.05, 0) is 32.5 Å². The van der Waals surface area contributed by atoms with Crippen molar-refractivity contribution in [1.29, 1.82) is 0 Å². The molecule has 0 aliphatic carbocycles. The van der Waals surface area contributed by atoms with Crippen molar-refractivity contribution in [1.82, 2.24) is 15.0 Å². The molecule has 2 rings (SSSR count). The Morgan fingerprint density at radius 1 is 1.22 bits per heavy atom. The summed E-state index contributed by atoms with van der Waals surface area (Å²) in [7, 11) is 0. The van der Waals surface area contributed by atoms with Crippen molar-refractivity contribution >= 4 is 29.6 Å². The van der Waals surface area contributed by atoms with Crippen LogP contribution in [0.15, 0.2) is 14.7 Å². The molecule has 0 atom stereocenters. The zero-order chi connectivity index (χ0) is 13.3. The van der Waals surface area contributed by atoms with Gasteiger partial charge in [0.25, 0.3) is 5.22 Å². The minimum atomic E-state index is 0.139. The third-order valence-corrected chi connectivity index (χ3v) is 3.43.